The number of fused-ring (bicyclic) bond motifs is 2. The number of aromatic nitrogens is 8. The number of hydrogen-bond acceptors (Lipinski definition) is 4. The highest BCUT2D eigenvalue weighted by Crippen LogP contribution is 2.25. The van der Waals surface area contributed by atoms with E-state index in [1.54, 1.807) is 23.3 Å². The molecule has 0 spiro atoms. The van der Waals surface area contributed by atoms with Gasteiger partial charge in [0.2, 0.25) is 0 Å². The zero-order valence-corrected chi connectivity index (χ0v) is 13.8. The number of aromatic amines is 1. The molecule has 8 nitrogen and oxygen atoms in total. The van der Waals surface area contributed by atoms with Gasteiger partial charge in [-0.2, -0.15) is 5.10 Å². The highest BCUT2D eigenvalue weighted by molar-refractivity contribution is 5.72. The van der Waals surface area contributed by atoms with E-state index in [-0.39, 0.29) is 6.04 Å². The van der Waals surface area contributed by atoms with Gasteiger partial charge >= 0.3 is 0 Å². The van der Waals surface area contributed by atoms with Crippen LogP contribution < -0.4 is 0 Å². The third-order valence-electron chi connectivity index (χ3n) is 4.49. The first-order valence-corrected chi connectivity index (χ1v) is 8.03. The molecule has 0 bridgehead atoms. The quantitative estimate of drug-likeness (QED) is 0.550. The summed E-state index contributed by atoms with van der Waals surface area (Å²) in [7, 11) is 1.89. The minimum Gasteiger partial charge on any atom is -0.307 e. The van der Waals surface area contributed by atoms with Crippen molar-refractivity contribution in [3.8, 4) is 11.3 Å². The molecule has 0 aliphatic heterocycles. The largest absolute Gasteiger partial charge is 0.307 e. The molecule has 0 saturated heterocycles. The first-order valence-electron chi connectivity index (χ1n) is 8.03. The molecule has 124 valence electrons. The second kappa shape index (κ2) is 5.04. The van der Waals surface area contributed by atoms with E-state index in [1.165, 1.54) is 0 Å². The normalized spacial score (nSPS) is 13.0. The Morgan fingerprint density at radius 1 is 1.12 bits per heavy atom. The average molecular weight is 332 g/mol. The topological polar surface area (TPSA) is 81.6 Å². The van der Waals surface area contributed by atoms with Gasteiger partial charge in [-0.25, -0.2) is 15.0 Å². The number of H-pyrrole nitrogens is 1. The van der Waals surface area contributed by atoms with Gasteiger partial charge in [-0.15, -0.1) is 0 Å². The van der Waals surface area contributed by atoms with E-state index in [9.17, 15) is 0 Å². The fourth-order valence-corrected chi connectivity index (χ4v) is 3.05. The third-order valence-corrected chi connectivity index (χ3v) is 4.49. The Kier molecular flexibility index (Phi) is 2.81. The number of imidazole rings is 1. The number of hydrogen-bond donors (Lipinski definition) is 1. The van der Waals surface area contributed by atoms with E-state index in [0.717, 1.165) is 33.8 Å². The van der Waals surface area contributed by atoms with Crippen LogP contribution in [0.5, 0.6) is 0 Å². The molecule has 5 aromatic heterocycles. The van der Waals surface area contributed by atoms with Gasteiger partial charge in [-0.3, -0.25) is 14.5 Å². The van der Waals surface area contributed by atoms with Crippen molar-refractivity contribution in [3.05, 3.63) is 54.9 Å². The minimum absolute atomic E-state index is 0.109. The first kappa shape index (κ1) is 14.0. The lowest BCUT2D eigenvalue weighted by Gasteiger charge is -2.22. The summed E-state index contributed by atoms with van der Waals surface area (Å²) in [6.45, 7) is 2.13. The number of rotatable bonds is 3. The van der Waals surface area contributed by atoms with Crippen LogP contribution in [0.1, 0.15) is 18.5 Å². The first-order chi connectivity index (χ1) is 12.2. The van der Waals surface area contributed by atoms with E-state index in [0.29, 0.717) is 0 Å². The fourth-order valence-electron chi connectivity index (χ4n) is 3.05. The Hall–Kier alpha value is -3.42. The van der Waals surface area contributed by atoms with Gasteiger partial charge in [0.1, 0.15) is 5.65 Å². The summed E-state index contributed by atoms with van der Waals surface area (Å²) in [5, 5.41) is 7.46. The molecule has 0 amide bonds. The highest BCUT2D eigenvalue weighted by Gasteiger charge is 2.17. The summed E-state index contributed by atoms with van der Waals surface area (Å²) >= 11 is 0. The zero-order chi connectivity index (χ0) is 17.0. The van der Waals surface area contributed by atoms with Gasteiger partial charge in [0.15, 0.2) is 11.3 Å². The van der Waals surface area contributed by atoms with Crippen LogP contribution in [0, 0.1) is 0 Å². The average Bonchev–Trinajstić information content (AvgIpc) is 3.23. The SMILES string of the molecule is C[C@H](c1ccc2nccn2c1)n1[nH]c2ncc(-c3cnn(C)c3)nc21. The van der Waals surface area contributed by atoms with Crippen LogP contribution in [0.3, 0.4) is 0 Å². The van der Waals surface area contributed by atoms with Crippen LogP contribution in [-0.2, 0) is 7.05 Å². The molecule has 5 aromatic rings. The second-order valence-corrected chi connectivity index (χ2v) is 6.14. The standard InChI is InChI=1S/C17H16N8/c1-11(12-3-4-15-18-5-6-24(15)10-12)25-17-16(22-25)19-8-14(21-17)13-7-20-23(2)9-13/h3-11H,1-2H3,(H,19,22)/t11-/m1/s1. The maximum Gasteiger partial charge on any atom is 0.193 e. The number of aryl methyl sites for hydroxylation is 1. The summed E-state index contributed by atoms with van der Waals surface area (Å²) in [4.78, 5) is 13.5. The summed E-state index contributed by atoms with van der Waals surface area (Å²) in [6.07, 6.45) is 11.3. The van der Waals surface area contributed by atoms with Crippen molar-refractivity contribution in [2.45, 2.75) is 13.0 Å². The smallest absolute Gasteiger partial charge is 0.193 e. The Labute approximate surface area is 142 Å². The van der Waals surface area contributed by atoms with Crippen LogP contribution in [0.2, 0.25) is 0 Å². The third kappa shape index (κ3) is 2.14. The van der Waals surface area contributed by atoms with Crippen LogP contribution >= 0.6 is 0 Å². The highest BCUT2D eigenvalue weighted by atomic mass is 15.4. The lowest BCUT2D eigenvalue weighted by molar-refractivity contribution is 0.552. The van der Waals surface area contributed by atoms with Gasteiger partial charge in [0.05, 0.1) is 24.1 Å². The summed E-state index contributed by atoms with van der Waals surface area (Å²) in [5.74, 6) is 0. The number of nitrogens with one attached hydrogen (secondary N) is 1. The van der Waals surface area contributed by atoms with Gasteiger partial charge in [-0.05, 0) is 18.6 Å². The molecule has 5 heterocycles. The van der Waals surface area contributed by atoms with Gasteiger partial charge in [0, 0.05) is 37.4 Å². The van der Waals surface area contributed by atoms with Crippen molar-refractivity contribution in [2.75, 3.05) is 0 Å². The lowest BCUT2D eigenvalue weighted by atomic mass is 10.1. The van der Waals surface area contributed by atoms with Gasteiger partial charge in [-0.1, -0.05) is 6.07 Å². The Morgan fingerprint density at radius 3 is 2.88 bits per heavy atom. The van der Waals surface area contributed by atoms with E-state index in [4.69, 9.17) is 4.98 Å². The molecule has 0 radical (unpaired) electrons. The van der Waals surface area contributed by atoms with E-state index in [2.05, 4.69) is 39.4 Å². The second-order valence-electron chi connectivity index (χ2n) is 6.14. The Morgan fingerprint density at radius 2 is 2.04 bits per heavy atom. The maximum absolute atomic E-state index is 4.75. The molecule has 1 N–H and O–H groups in total. The summed E-state index contributed by atoms with van der Waals surface area (Å²) in [6, 6.07) is 4.22. The number of nitrogens with zero attached hydrogens (tertiary/aromatic N) is 7. The molecule has 0 unspecified atom stereocenters. The predicted octanol–water partition coefficient (Wildman–Crippen LogP) is 2.42. The fraction of sp³-hybridized carbons (Fsp3) is 0.176. The van der Waals surface area contributed by atoms with Crippen LogP contribution in [0.4, 0.5) is 0 Å². The molecule has 0 aliphatic rings. The van der Waals surface area contributed by atoms with E-state index in [1.807, 2.05) is 34.6 Å². The van der Waals surface area contributed by atoms with Crippen molar-refractivity contribution in [2.24, 2.45) is 7.05 Å². The van der Waals surface area contributed by atoms with Crippen molar-refractivity contribution >= 4 is 16.9 Å². The minimum atomic E-state index is 0.109. The monoisotopic (exact) mass is 332 g/mol. The molecule has 8 heteroatoms. The number of pyridine rings is 1. The van der Waals surface area contributed by atoms with Crippen molar-refractivity contribution in [3.63, 3.8) is 0 Å². The van der Waals surface area contributed by atoms with Crippen molar-refractivity contribution in [1.82, 2.24) is 38.9 Å². The Balaban J connectivity index is 1.55. The molecular formula is C17H16N8. The van der Waals surface area contributed by atoms with E-state index < -0.39 is 0 Å². The predicted molar refractivity (Wildman–Crippen MR) is 93.1 cm³/mol. The van der Waals surface area contributed by atoms with Crippen LogP contribution in [0.15, 0.2) is 49.3 Å². The molecule has 0 fully saturated rings. The molecular weight excluding hydrogens is 316 g/mol. The Bertz CT molecular complexity index is 1190. The van der Waals surface area contributed by atoms with E-state index >= 15 is 0 Å². The van der Waals surface area contributed by atoms with Crippen LogP contribution in [0.25, 0.3) is 28.2 Å². The summed E-state index contributed by atoms with van der Waals surface area (Å²) in [5.41, 5.74) is 5.51. The lowest BCUT2D eigenvalue weighted by Crippen LogP contribution is -2.19. The molecule has 25 heavy (non-hydrogen) atoms. The van der Waals surface area contributed by atoms with Crippen molar-refractivity contribution in [1.29, 1.82) is 0 Å². The molecule has 0 aromatic carbocycles. The molecule has 0 aliphatic carbocycles. The zero-order valence-electron chi connectivity index (χ0n) is 13.8. The van der Waals surface area contributed by atoms with Crippen LogP contribution in [-0.4, -0.2) is 38.9 Å². The van der Waals surface area contributed by atoms with Gasteiger partial charge in [0.25, 0.3) is 0 Å². The van der Waals surface area contributed by atoms with Crippen molar-refractivity contribution < 1.29 is 0 Å². The summed E-state index contributed by atoms with van der Waals surface area (Å²) < 4.78 is 5.81. The molecule has 5 rings (SSSR count). The maximum atomic E-state index is 4.75. The molecule has 0 saturated carbocycles. The molecule has 1 atom stereocenters. The van der Waals surface area contributed by atoms with Gasteiger partial charge < -0.3 is 4.40 Å².